The maximum atomic E-state index is 12.6. The van der Waals surface area contributed by atoms with Crippen LogP contribution >= 0.6 is 0 Å². The van der Waals surface area contributed by atoms with E-state index in [1.807, 2.05) is 19.1 Å². The number of hydrogen-bond donors (Lipinski definition) is 2. The number of guanidine groups is 1. The molecule has 6 nitrogen and oxygen atoms in total. The van der Waals surface area contributed by atoms with Crippen molar-refractivity contribution in [3.05, 3.63) is 24.2 Å². The second kappa shape index (κ2) is 11.0. The molecule has 2 fully saturated rings. The number of nitrogens with one attached hydrogen (secondary N) is 2. The number of rotatable bonds is 8. The van der Waals surface area contributed by atoms with Gasteiger partial charge in [-0.05, 0) is 63.9 Å². The van der Waals surface area contributed by atoms with Crippen molar-refractivity contribution in [2.24, 2.45) is 10.9 Å². The molecule has 1 aromatic rings. The van der Waals surface area contributed by atoms with E-state index in [1.54, 1.807) is 6.26 Å². The number of furan rings is 1. The molecule has 9 heteroatoms. The van der Waals surface area contributed by atoms with Gasteiger partial charge in [0.1, 0.15) is 5.76 Å². The molecule has 3 rings (SSSR count). The highest BCUT2D eigenvalue weighted by Gasteiger charge is 2.34. The molecule has 0 spiro atoms. The number of aliphatic imine (C=N–C) groups is 1. The van der Waals surface area contributed by atoms with Gasteiger partial charge in [-0.3, -0.25) is 14.8 Å². The molecule has 0 aromatic carbocycles. The van der Waals surface area contributed by atoms with E-state index in [1.165, 1.54) is 24.2 Å². The van der Waals surface area contributed by atoms with Crippen LogP contribution in [0, 0.1) is 5.92 Å². The Morgan fingerprint density at radius 1 is 1.23 bits per heavy atom. The second-order valence-corrected chi connectivity index (χ2v) is 8.23. The summed E-state index contributed by atoms with van der Waals surface area (Å²) in [5.74, 6) is 1.83. The molecule has 170 valence electrons. The lowest BCUT2D eigenvalue weighted by Gasteiger charge is -2.32. The highest BCUT2D eigenvalue weighted by atomic mass is 19.4. The van der Waals surface area contributed by atoms with Gasteiger partial charge in [0.15, 0.2) is 5.96 Å². The third kappa shape index (κ3) is 7.19. The summed E-state index contributed by atoms with van der Waals surface area (Å²) in [7, 11) is 0. The Morgan fingerprint density at radius 3 is 2.70 bits per heavy atom. The van der Waals surface area contributed by atoms with Crippen LogP contribution in [0.5, 0.6) is 0 Å². The number of alkyl halides is 3. The standard InChI is InChI=1S/C21H34F3N5O/c1-2-25-20(26-13-17-8-11-28(15-17)16-21(22,23)24)27-14-18(19-7-6-12-30-19)29-9-4-3-5-10-29/h6-7,12,17-18H,2-5,8-11,13-16H2,1H3,(H2,25,26,27). The number of halogens is 3. The average molecular weight is 430 g/mol. The lowest BCUT2D eigenvalue weighted by molar-refractivity contribution is -0.143. The van der Waals surface area contributed by atoms with Crippen LogP contribution in [0.2, 0.25) is 0 Å². The van der Waals surface area contributed by atoms with Gasteiger partial charge in [-0.1, -0.05) is 6.42 Å². The third-order valence-corrected chi connectivity index (χ3v) is 5.80. The fourth-order valence-electron chi connectivity index (χ4n) is 4.33. The largest absolute Gasteiger partial charge is 0.468 e. The first-order chi connectivity index (χ1) is 14.4. The van der Waals surface area contributed by atoms with Gasteiger partial charge in [0.05, 0.1) is 25.4 Å². The quantitative estimate of drug-likeness (QED) is 0.491. The topological polar surface area (TPSA) is 56.0 Å². The van der Waals surface area contributed by atoms with Gasteiger partial charge in [0.25, 0.3) is 0 Å². The van der Waals surface area contributed by atoms with Crippen molar-refractivity contribution in [3.8, 4) is 0 Å². The van der Waals surface area contributed by atoms with Crippen molar-refractivity contribution in [1.82, 2.24) is 20.4 Å². The lowest BCUT2D eigenvalue weighted by atomic mass is 10.1. The van der Waals surface area contributed by atoms with E-state index >= 15 is 0 Å². The van der Waals surface area contributed by atoms with Crippen LogP contribution in [0.3, 0.4) is 0 Å². The van der Waals surface area contributed by atoms with Gasteiger partial charge < -0.3 is 15.1 Å². The Labute approximate surface area is 176 Å². The SMILES string of the molecule is CCNC(=NCC(c1ccco1)N1CCCCC1)NCC1CCN(CC(F)(F)F)C1. The first-order valence-electron chi connectivity index (χ1n) is 11.0. The second-order valence-electron chi connectivity index (χ2n) is 8.23. The van der Waals surface area contributed by atoms with E-state index in [0.717, 1.165) is 31.8 Å². The van der Waals surface area contributed by atoms with Crippen molar-refractivity contribution in [2.45, 2.75) is 44.8 Å². The molecule has 0 aliphatic carbocycles. The summed E-state index contributed by atoms with van der Waals surface area (Å²) in [6, 6.07) is 4.01. The summed E-state index contributed by atoms with van der Waals surface area (Å²) in [6.45, 7) is 6.16. The van der Waals surface area contributed by atoms with Crippen molar-refractivity contribution in [2.75, 3.05) is 52.4 Å². The summed E-state index contributed by atoms with van der Waals surface area (Å²) >= 11 is 0. The summed E-state index contributed by atoms with van der Waals surface area (Å²) in [5.41, 5.74) is 0. The molecule has 1 aromatic heterocycles. The number of likely N-dealkylation sites (tertiary alicyclic amines) is 2. The molecule has 2 saturated heterocycles. The monoisotopic (exact) mass is 429 g/mol. The molecule has 30 heavy (non-hydrogen) atoms. The maximum Gasteiger partial charge on any atom is 0.401 e. The molecule has 0 saturated carbocycles. The number of piperidine rings is 1. The Balaban J connectivity index is 1.55. The molecule has 2 atom stereocenters. The van der Waals surface area contributed by atoms with E-state index in [4.69, 9.17) is 9.41 Å². The number of hydrogen-bond acceptors (Lipinski definition) is 4. The van der Waals surface area contributed by atoms with E-state index in [0.29, 0.717) is 32.1 Å². The maximum absolute atomic E-state index is 12.6. The molecule has 0 amide bonds. The molecule has 0 radical (unpaired) electrons. The molecule has 3 heterocycles. The van der Waals surface area contributed by atoms with Gasteiger partial charge in [-0.25, -0.2) is 0 Å². The fourth-order valence-corrected chi connectivity index (χ4v) is 4.33. The highest BCUT2D eigenvalue weighted by Crippen LogP contribution is 2.25. The predicted octanol–water partition coefficient (Wildman–Crippen LogP) is 3.25. The van der Waals surface area contributed by atoms with Crippen molar-refractivity contribution in [1.29, 1.82) is 0 Å². The van der Waals surface area contributed by atoms with Crippen molar-refractivity contribution in [3.63, 3.8) is 0 Å². The van der Waals surface area contributed by atoms with Crippen LogP contribution in [0.4, 0.5) is 13.2 Å². The van der Waals surface area contributed by atoms with E-state index in [9.17, 15) is 13.2 Å². The van der Waals surface area contributed by atoms with Crippen LogP contribution in [0.25, 0.3) is 0 Å². The molecular weight excluding hydrogens is 395 g/mol. The van der Waals surface area contributed by atoms with Gasteiger partial charge in [-0.15, -0.1) is 0 Å². The molecular formula is C21H34F3N5O. The minimum atomic E-state index is -4.13. The van der Waals surface area contributed by atoms with E-state index in [-0.39, 0.29) is 12.0 Å². The molecule has 2 N–H and O–H groups in total. The zero-order valence-electron chi connectivity index (χ0n) is 17.8. The summed E-state index contributed by atoms with van der Waals surface area (Å²) in [6.07, 6.45) is 1.98. The van der Waals surface area contributed by atoms with Crippen LogP contribution < -0.4 is 10.6 Å². The Bertz CT molecular complexity index is 644. The lowest BCUT2D eigenvalue weighted by Crippen LogP contribution is -2.41. The van der Waals surface area contributed by atoms with Gasteiger partial charge in [0.2, 0.25) is 0 Å². The smallest absolute Gasteiger partial charge is 0.401 e. The number of nitrogens with zero attached hydrogens (tertiary/aromatic N) is 3. The first kappa shape index (κ1) is 22.9. The van der Waals surface area contributed by atoms with E-state index < -0.39 is 12.7 Å². The summed E-state index contributed by atoms with van der Waals surface area (Å²) < 4.78 is 43.5. The minimum absolute atomic E-state index is 0.101. The van der Waals surface area contributed by atoms with Crippen LogP contribution in [-0.2, 0) is 0 Å². The predicted molar refractivity (Wildman–Crippen MR) is 111 cm³/mol. The van der Waals surface area contributed by atoms with Gasteiger partial charge in [-0.2, -0.15) is 13.2 Å². The zero-order valence-corrected chi connectivity index (χ0v) is 17.8. The van der Waals surface area contributed by atoms with Crippen molar-refractivity contribution < 1.29 is 17.6 Å². The Hall–Kier alpha value is -1.74. The Morgan fingerprint density at radius 2 is 2.03 bits per heavy atom. The highest BCUT2D eigenvalue weighted by molar-refractivity contribution is 5.79. The van der Waals surface area contributed by atoms with Crippen LogP contribution in [-0.4, -0.2) is 74.3 Å². The van der Waals surface area contributed by atoms with Crippen LogP contribution in [0.15, 0.2) is 27.8 Å². The van der Waals surface area contributed by atoms with Crippen molar-refractivity contribution >= 4 is 5.96 Å². The van der Waals surface area contributed by atoms with Crippen LogP contribution in [0.1, 0.15) is 44.4 Å². The zero-order chi connectivity index (χ0) is 21.4. The minimum Gasteiger partial charge on any atom is -0.468 e. The summed E-state index contributed by atoms with van der Waals surface area (Å²) in [5, 5.41) is 6.59. The van der Waals surface area contributed by atoms with Gasteiger partial charge in [0, 0.05) is 19.6 Å². The third-order valence-electron chi connectivity index (χ3n) is 5.80. The van der Waals surface area contributed by atoms with E-state index in [2.05, 4.69) is 15.5 Å². The molecule has 2 aliphatic heterocycles. The Kier molecular flexibility index (Phi) is 8.44. The molecule has 0 bridgehead atoms. The van der Waals surface area contributed by atoms with Gasteiger partial charge >= 0.3 is 6.18 Å². The molecule has 2 unspecified atom stereocenters. The summed E-state index contributed by atoms with van der Waals surface area (Å²) in [4.78, 5) is 8.70. The average Bonchev–Trinajstić information content (AvgIpc) is 3.38. The molecule has 2 aliphatic rings. The first-order valence-corrected chi connectivity index (χ1v) is 11.0. The normalized spacial score (nSPS) is 22.9. The fraction of sp³-hybridized carbons (Fsp3) is 0.762.